The molecule has 5 heteroatoms. The Morgan fingerprint density at radius 3 is 2.86 bits per heavy atom. The molecule has 0 aromatic heterocycles. The molecule has 2 aromatic rings. The van der Waals surface area contributed by atoms with Crippen molar-refractivity contribution in [1.82, 2.24) is 5.06 Å². The molecule has 0 amide bonds. The summed E-state index contributed by atoms with van der Waals surface area (Å²) < 4.78 is 5.48. The summed E-state index contributed by atoms with van der Waals surface area (Å²) in [5, 5.41) is 14.4. The Hall–Kier alpha value is -1.33. The molecule has 2 aliphatic rings. The van der Waals surface area contributed by atoms with Crippen LogP contribution in [-0.2, 0) is 17.8 Å². The topological polar surface area (TPSA) is 35.9 Å². The highest BCUT2D eigenvalue weighted by Gasteiger charge is 2.27. The quantitative estimate of drug-likeness (QED) is 0.920. The second kappa shape index (κ2) is 5.39. The number of hydrogen-bond acceptors (Lipinski definition) is 4. The summed E-state index contributed by atoms with van der Waals surface area (Å²) in [6.07, 6.45) is 1.30. The van der Waals surface area contributed by atoms with Gasteiger partial charge in [0.15, 0.2) is 0 Å². The highest BCUT2D eigenvalue weighted by atomic mass is 35.5. The van der Waals surface area contributed by atoms with Crippen LogP contribution in [0.15, 0.2) is 24.3 Å². The molecular weight excluding hydrogens is 300 g/mol. The molecule has 0 bridgehead atoms. The van der Waals surface area contributed by atoms with E-state index in [0.29, 0.717) is 13.1 Å². The Labute approximate surface area is 134 Å². The molecule has 1 fully saturated rings. The van der Waals surface area contributed by atoms with Gasteiger partial charge in [-0.15, -0.1) is 0 Å². The third-order valence-corrected chi connectivity index (χ3v) is 5.04. The number of anilines is 1. The minimum Gasteiger partial charge on any atom is -0.380 e. The molecule has 1 N–H and O–H groups in total. The first-order valence-electron chi connectivity index (χ1n) is 7.62. The van der Waals surface area contributed by atoms with E-state index in [1.165, 1.54) is 15.8 Å². The molecular formula is C17H19ClN2O2. The second-order valence-electron chi connectivity index (χ2n) is 6.12. The van der Waals surface area contributed by atoms with Crippen molar-refractivity contribution in [2.45, 2.75) is 25.6 Å². The standard InChI is InChI=1S/C17H19ClN2O2/c1-22-13-5-6-19(10-13)17-14-4-2-3-11-8-20(21)9-12(16(11)14)7-15(17)18/h2-4,7,13,21H,5-6,8-10H2,1H3. The van der Waals surface area contributed by atoms with Crippen LogP contribution in [0.25, 0.3) is 10.8 Å². The molecule has 1 saturated heterocycles. The lowest BCUT2D eigenvalue weighted by molar-refractivity contribution is -0.109. The number of ether oxygens (including phenoxy) is 1. The maximum Gasteiger partial charge on any atom is 0.0762 e. The summed E-state index contributed by atoms with van der Waals surface area (Å²) >= 11 is 6.60. The predicted molar refractivity (Wildman–Crippen MR) is 87.6 cm³/mol. The van der Waals surface area contributed by atoms with Crippen LogP contribution in [0.2, 0.25) is 5.02 Å². The van der Waals surface area contributed by atoms with Crippen LogP contribution in [0.4, 0.5) is 5.69 Å². The Morgan fingerprint density at radius 1 is 1.27 bits per heavy atom. The van der Waals surface area contributed by atoms with Gasteiger partial charge in [-0.1, -0.05) is 29.8 Å². The van der Waals surface area contributed by atoms with Gasteiger partial charge in [0.2, 0.25) is 0 Å². The fourth-order valence-electron chi connectivity index (χ4n) is 3.75. The number of nitrogens with zero attached hydrogens (tertiary/aromatic N) is 2. The summed E-state index contributed by atoms with van der Waals surface area (Å²) in [4.78, 5) is 2.32. The normalized spacial score (nSPS) is 21.8. The van der Waals surface area contributed by atoms with Crippen LogP contribution in [-0.4, -0.2) is 36.6 Å². The smallest absolute Gasteiger partial charge is 0.0762 e. The lowest BCUT2D eigenvalue weighted by Gasteiger charge is -2.28. The minimum atomic E-state index is 0.273. The van der Waals surface area contributed by atoms with Crippen LogP contribution in [0.5, 0.6) is 0 Å². The van der Waals surface area contributed by atoms with E-state index in [-0.39, 0.29) is 6.10 Å². The molecule has 2 aliphatic heterocycles. The van der Waals surface area contributed by atoms with Gasteiger partial charge in [-0.25, -0.2) is 0 Å². The van der Waals surface area contributed by atoms with Crippen molar-refractivity contribution in [3.63, 3.8) is 0 Å². The van der Waals surface area contributed by atoms with Crippen molar-refractivity contribution < 1.29 is 9.94 Å². The lowest BCUT2D eigenvalue weighted by Crippen LogP contribution is -2.25. The Balaban J connectivity index is 1.89. The Bertz CT molecular complexity index is 734. The summed E-state index contributed by atoms with van der Waals surface area (Å²) in [5.41, 5.74) is 3.35. The zero-order valence-corrected chi connectivity index (χ0v) is 13.3. The van der Waals surface area contributed by atoms with E-state index in [1.807, 2.05) is 12.1 Å². The van der Waals surface area contributed by atoms with Gasteiger partial charge in [-0.2, -0.15) is 5.06 Å². The van der Waals surface area contributed by atoms with Crippen molar-refractivity contribution in [2.24, 2.45) is 0 Å². The van der Waals surface area contributed by atoms with Gasteiger partial charge >= 0.3 is 0 Å². The van der Waals surface area contributed by atoms with Gasteiger partial charge in [-0.3, -0.25) is 0 Å². The molecule has 4 rings (SSSR count). The first kappa shape index (κ1) is 14.3. The third-order valence-electron chi connectivity index (χ3n) is 4.75. The highest BCUT2D eigenvalue weighted by Crippen LogP contribution is 2.41. The lowest BCUT2D eigenvalue weighted by atomic mass is 9.94. The maximum absolute atomic E-state index is 9.91. The van der Waals surface area contributed by atoms with Crippen molar-refractivity contribution in [1.29, 1.82) is 0 Å². The van der Waals surface area contributed by atoms with Gasteiger partial charge < -0.3 is 14.8 Å². The molecule has 0 radical (unpaired) electrons. The van der Waals surface area contributed by atoms with Crippen LogP contribution >= 0.6 is 11.6 Å². The van der Waals surface area contributed by atoms with E-state index in [0.717, 1.165) is 41.3 Å². The van der Waals surface area contributed by atoms with Crippen molar-refractivity contribution >= 4 is 28.1 Å². The summed E-state index contributed by atoms with van der Waals surface area (Å²) in [5.74, 6) is 0. The first-order valence-corrected chi connectivity index (χ1v) is 7.99. The van der Waals surface area contributed by atoms with E-state index in [1.54, 1.807) is 7.11 Å². The largest absolute Gasteiger partial charge is 0.380 e. The van der Waals surface area contributed by atoms with Crippen molar-refractivity contribution in [3.05, 3.63) is 40.4 Å². The van der Waals surface area contributed by atoms with Crippen LogP contribution in [0, 0.1) is 0 Å². The zero-order valence-electron chi connectivity index (χ0n) is 12.6. The molecule has 2 heterocycles. The molecule has 116 valence electrons. The minimum absolute atomic E-state index is 0.273. The molecule has 2 aromatic carbocycles. The molecule has 0 saturated carbocycles. The number of methoxy groups -OCH3 is 1. The maximum atomic E-state index is 9.91. The Morgan fingerprint density at radius 2 is 2.09 bits per heavy atom. The molecule has 0 spiro atoms. The molecule has 1 unspecified atom stereocenters. The SMILES string of the molecule is COC1CCN(c2c(Cl)cc3c4c(cccc24)CN(O)C3)C1. The van der Waals surface area contributed by atoms with Crippen LogP contribution < -0.4 is 4.90 Å². The number of hydroxylamine groups is 2. The number of benzene rings is 2. The van der Waals surface area contributed by atoms with E-state index in [9.17, 15) is 5.21 Å². The zero-order chi connectivity index (χ0) is 15.3. The monoisotopic (exact) mass is 318 g/mol. The van der Waals surface area contributed by atoms with E-state index >= 15 is 0 Å². The van der Waals surface area contributed by atoms with E-state index < -0.39 is 0 Å². The molecule has 1 atom stereocenters. The summed E-state index contributed by atoms with van der Waals surface area (Å²) in [7, 11) is 1.77. The van der Waals surface area contributed by atoms with Crippen LogP contribution in [0.1, 0.15) is 17.5 Å². The summed E-state index contributed by atoms with van der Waals surface area (Å²) in [6, 6.07) is 8.26. The predicted octanol–water partition coefficient (Wildman–Crippen LogP) is 3.42. The van der Waals surface area contributed by atoms with Crippen LogP contribution in [0.3, 0.4) is 0 Å². The number of rotatable bonds is 2. The van der Waals surface area contributed by atoms with Gasteiger partial charge in [-0.05, 0) is 29.0 Å². The second-order valence-corrected chi connectivity index (χ2v) is 6.53. The molecule has 0 aliphatic carbocycles. The average Bonchev–Trinajstić information content (AvgIpc) is 2.95. The average molecular weight is 319 g/mol. The van der Waals surface area contributed by atoms with Gasteiger partial charge in [0.05, 0.1) is 16.8 Å². The fourth-order valence-corrected chi connectivity index (χ4v) is 4.10. The number of halogens is 1. The van der Waals surface area contributed by atoms with E-state index in [2.05, 4.69) is 17.0 Å². The van der Waals surface area contributed by atoms with Gasteiger partial charge in [0.1, 0.15) is 0 Å². The molecule has 22 heavy (non-hydrogen) atoms. The third kappa shape index (κ3) is 2.18. The summed E-state index contributed by atoms with van der Waals surface area (Å²) in [6.45, 7) is 2.92. The fraction of sp³-hybridized carbons (Fsp3) is 0.412. The van der Waals surface area contributed by atoms with Crippen molar-refractivity contribution in [3.8, 4) is 0 Å². The van der Waals surface area contributed by atoms with Gasteiger partial charge in [0, 0.05) is 38.7 Å². The van der Waals surface area contributed by atoms with Crippen molar-refractivity contribution in [2.75, 3.05) is 25.1 Å². The van der Waals surface area contributed by atoms with E-state index in [4.69, 9.17) is 16.3 Å². The van der Waals surface area contributed by atoms with Gasteiger partial charge in [0.25, 0.3) is 0 Å². The first-order chi connectivity index (χ1) is 10.7. The highest BCUT2D eigenvalue weighted by molar-refractivity contribution is 6.35. The Kier molecular flexibility index (Phi) is 3.50. The number of hydrogen-bond donors (Lipinski definition) is 1. The molecule has 4 nitrogen and oxygen atoms in total.